The first-order valence-corrected chi connectivity index (χ1v) is 10.7. The second-order valence-electron chi connectivity index (χ2n) is 6.55. The van der Waals surface area contributed by atoms with Gasteiger partial charge in [-0.25, -0.2) is 9.97 Å². The van der Waals surface area contributed by atoms with E-state index < -0.39 is 0 Å². The summed E-state index contributed by atoms with van der Waals surface area (Å²) in [5, 5.41) is 9.06. The minimum absolute atomic E-state index is 0.0721. The number of hydrogen-bond donors (Lipinski definition) is 1. The van der Waals surface area contributed by atoms with Gasteiger partial charge >= 0.3 is 0 Å². The van der Waals surface area contributed by atoms with Crippen molar-refractivity contribution in [3.8, 4) is 22.5 Å². The van der Waals surface area contributed by atoms with Crippen molar-refractivity contribution in [3.05, 3.63) is 74.9 Å². The van der Waals surface area contributed by atoms with E-state index in [4.69, 9.17) is 9.97 Å². The molecule has 0 aliphatic rings. The van der Waals surface area contributed by atoms with Crippen molar-refractivity contribution in [2.75, 3.05) is 5.32 Å². The molecule has 0 saturated carbocycles. The van der Waals surface area contributed by atoms with E-state index in [0.717, 1.165) is 44.6 Å². The van der Waals surface area contributed by atoms with Crippen molar-refractivity contribution in [2.45, 2.75) is 20.3 Å². The first kappa shape index (κ1) is 18.5. The Kier molecular flexibility index (Phi) is 5.32. The summed E-state index contributed by atoms with van der Waals surface area (Å²) in [6, 6.07) is 16.2. The highest BCUT2D eigenvalue weighted by Gasteiger charge is 2.10. The highest BCUT2D eigenvalue weighted by Crippen LogP contribution is 2.27. The van der Waals surface area contributed by atoms with Crippen molar-refractivity contribution in [3.63, 3.8) is 0 Å². The van der Waals surface area contributed by atoms with Crippen LogP contribution in [-0.2, 0) is 11.2 Å². The largest absolute Gasteiger partial charge is 0.326 e. The van der Waals surface area contributed by atoms with Crippen LogP contribution in [0.5, 0.6) is 0 Å². The van der Waals surface area contributed by atoms with Gasteiger partial charge in [0, 0.05) is 34.5 Å². The van der Waals surface area contributed by atoms with Crippen molar-refractivity contribution in [1.29, 1.82) is 0 Å². The molecule has 0 aliphatic heterocycles. The maximum Gasteiger partial charge on any atom is 0.221 e. The molecule has 0 atom stereocenters. The van der Waals surface area contributed by atoms with Gasteiger partial charge in [0.15, 0.2) is 0 Å². The lowest BCUT2D eigenvalue weighted by atomic mass is 10.1. The molecule has 2 aromatic carbocycles. The summed E-state index contributed by atoms with van der Waals surface area (Å²) in [4.78, 5) is 20.7. The van der Waals surface area contributed by atoms with Gasteiger partial charge in [0.2, 0.25) is 5.91 Å². The normalized spacial score (nSPS) is 10.8. The van der Waals surface area contributed by atoms with Crippen LogP contribution in [0.25, 0.3) is 22.5 Å². The quantitative estimate of drug-likeness (QED) is 0.457. The first-order valence-electron chi connectivity index (χ1n) is 8.91. The Balaban J connectivity index is 1.46. The van der Waals surface area contributed by atoms with Crippen LogP contribution in [-0.4, -0.2) is 15.9 Å². The third-order valence-corrected chi connectivity index (χ3v) is 5.95. The molecule has 140 valence electrons. The maximum atomic E-state index is 11.1. The number of nitrogens with zero attached hydrogens (tertiary/aromatic N) is 2. The molecule has 2 heterocycles. The number of hydrogen-bond acceptors (Lipinski definition) is 5. The number of nitrogens with one attached hydrogen (secondary N) is 1. The number of benzene rings is 2. The number of anilines is 1. The maximum absolute atomic E-state index is 11.1. The molecule has 2 aromatic heterocycles. The first-order chi connectivity index (χ1) is 13.6. The summed E-state index contributed by atoms with van der Waals surface area (Å²) < 4.78 is 0. The molecule has 0 saturated heterocycles. The lowest BCUT2D eigenvalue weighted by Gasteiger charge is -2.02. The Morgan fingerprint density at radius 3 is 1.86 bits per heavy atom. The molecule has 1 N–H and O–H groups in total. The third-order valence-electron chi connectivity index (χ3n) is 4.25. The topological polar surface area (TPSA) is 54.9 Å². The molecule has 0 unspecified atom stereocenters. The standard InChI is InChI=1S/C22H19N3OS2/c1-14-3-5-16(6-4-14)19-12-27-21(24-19)11-22-25-20(13-28-22)17-7-9-18(10-8-17)23-15(2)26/h3-10,12-13H,11H2,1-2H3,(H,23,26). The van der Waals surface area contributed by atoms with E-state index in [1.807, 2.05) is 24.3 Å². The Labute approximate surface area is 171 Å². The summed E-state index contributed by atoms with van der Waals surface area (Å²) >= 11 is 3.32. The number of carbonyl (C=O) groups excluding carboxylic acids is 1. The van der Waals surface area contributed by atoms with Crippen molar-refractivity contribution >= 4 is 34.3 Å². The summed E-state index contributed by atoms with van der Waals surface area (Å²) in [6.07, 6.45) is 0.741. The van der Waals surface area contributed by atoms with Crippen LogP contribution >= 0.6 is 22.7 Å². The van der Waals surface area contributed by atoms with Crippen molar-refractivity contribution < 1.29 is 4.79 Å². The minimum atomic E-state index is -0.0721. The van der Waals surface area contributed by atoms with Gasteiger partial charge in [-0.05, 0) is 19.1 Å². The second-order valence-corrected chi connectivity index (χ2v) is 8.44. The van der Waals surface area contributed by atoms with Crippen LogP contribution in [0.2, 0.25) is 0 Å². The highest BCUT2D eigenvalue weighted by molar-refractivity contribution is 7.11. The molecule has 1 amide bonds. The summed E-state index contributed by atoms with van der Waals surface area (Å²) in [5.74, 6) is -0.0721. The van der Waals surface area contributed by atoms with Crippen LogP contribution < -0.4 is 5.32 Å². The molecule has 4 aromatic rings. The van der Waals surface area contributed by atoms with E-state index >= 15 is 0 Å². The Morgan fingerprint density at radius 1 is 0.857 bits per heavy atom. The van der Waals surface area contributed by atoms with Gasteiger partial charge in [0.05, 0.1) is 17.8 Å². The smallest absolute Gasteiger partial charge is 0.221 e. The SMILES string of the molecule is CC(=O)Nc1ccc(-c2csc(Cc3nc(-c4ccc(C)cc4)cs3)n2)cc1. The third kappa shape index (κ3) is 4.35. The Hall–Kier alpha value is -2.83. The van der Waals surface area contributed by atoms with E-state index in [9.17, 15) is 4.79 Å². The van der Waals surface area contributed by atoms with Gasteiger partial charge in [0.1, 0.15) is 10.0 Å². The average Bonchev–Trinajstić information content (AvgIpc) is 3.33. The predicted molar refractivity (Wildman–Crippen MR) is 117 cm³/mol. The molecular weight excluding hydrogens is 386 g/mol. The number of carbonyl (C=O) groups is 1. The molecular formula is C22H19N3OS2. The Morgan fingerprint density at radius 2 is 1.36 bits per heavy atom. The number of amides is 1. The lowest BCUT2D eigenvalue weighted by Crippen LogP contribution is -2.05. The average molecular weight is 406 g/mol. The fraction of sp³-hybridized carbons (Fsp3) is 0.136. The second kappa shape index (κ2) is 8.04. The molecule has 4 nitrogen and oxygen atoms in total. The van der Waals surface area contributed by atoms with Crippen molar-refractivity contribution in [1.82, 2.24) is 9.97 Å². The lowest BCUT2D eigenvalue weighted by molar-refractivity contribution is -0.114. The van der Waals surface area contributed by atoms with Gasteiger partial charge in [-0.1, -0.05) is 42.0 Å². The summed E-state index contributed by atoms with van der Waals surface area (Å²) in [7, 11) is 0. The zero-order chi connectivity index (χ0) is 19.5. The van der Waals surface area contributed by atoms with Crippen LogP contribution in [0.1, 0.15) is 22.5 Å². The van der Waals surface area contributed by atoms with Gasteiger partial charge < -0.3 is 5.32 Å². The number of thiazole rings is 2. The summed E-state index contributed by atoms with van der Waals surface area (Å²) in [6.45, 7) is 3.59. The van der Waals surface area contributed by atoms with Crippen LogP contribution in [0.3, 0.4) is 0 Å². The monoisotopic (exact) mass is 405 g/mol. The minimum Gasteiger partial charge on any atom is -0.326 e. The number of rotatable bonds is 5. The fourth-order valence-electron chi connectivity index (χ4n) is 2.83. The van der Waals surface area contributed by atoms with Crippen LogP contribution in [0.4, 0.5) is 5.69 Å². The van der Waals surface area contributed by atoms with Crippen molar-refractivity contribution in [2.24, 2.45) is 0 Å². The van der Waals surface area contributed by atoms with Gasteiger partial charge in [0.25, 0.3) is 0 Å². The summed E-state index contributed by atoms with van der Waals surface area (Å²) in [5.41, 5.74) is 6.19. The highest BCUT2D eigenvalue weighted by atomic mass is 32.1. The zero-order valence-corrected chi connectivity index (χ0v) is 17.2. The molecule has 4 rings (SSSR count). The molecule has 0 radical (unpaired) electrons. The van der Waals surface area contributed by atoms with Crippen LogP contribution in [0, 0.1) is 6.92 Å². The van der Waals surface area contributed by atoms with Gasteiger partial charge in [-0.3, -0.25) is 4.79 Å². The van der Waals surface area contributed by atoms with E-state index in [1.165, 1.54) is 12.5 Å². The van der Waals surface area contributed by atoms with Gasteiger partial charge in [-0.2, -0.15) is 0 Å². The molecule has 0 spiro atoms. The fourth-order valence-corrected chi connectivity index (χ4v) is 4.54. The zero-order valence-electron chi connectivity index (χ0n) is 15.6. The van der Waals surface area contributed by atoms with E-state index in [0.29, 0.717) is 0 Å². The van der Waals surface area contributed by atoms with Crippen LogP contribution in [0.15, 0.2) is 59.3 Å². The number of aryl methyl sites for hydroxylation is 1. The van der Waals surface area contributed by atoms with E-state index in [2.05, 4.69) is 47.3 Å². The molecule has 0 bridgehead atoms. The van der Waals surface area contributed by atoms with Gasteiger partial charge in [-0.15, -0.1) is 22.7 Å². The van der Waals surface area contributed by atoms with E-state index in [-0.39, 0.29) is 5.91 Å². The molecule has 28 heavy (non-hydrogen) atoms. The predicted octanol–water partition coefficient (Wildman–Crippen LogP) is 5.79. The van der Waals surface area contributed by atoms with E-state index in [1.54, 1.807) is 22.7 Å². The Bertz CT molecular complexity index is 1100. The molecule has 0 aliphatic carbocycles. The molecule has 6 heteroatoms. The molecule has 0 fully saturated rings. The number of aromatic nitrogens is 2.